The number of anilines is 1. The summed E-state index contributed by atoms with van der Waals surface area (Å²) in [6.45, 7) is 3.10. The third kappa shape index (κ3) is 5.15. The molecule has 1 N–H and O–H groups in total. The van der Waals surface area contributed by atoms with Crippen molar-refractivity contribution < 1.29 is 14.3 Å². The van der Waals surface area contributed by atoms with E-state index in [1.165, 1.54) is 23.8 Å². The van der Waals surface area contributed by atoms with E-state index < -0.39 is 0 Å². The molecule has 1 aromatic heterocycles. The number of hydrogen-bond acceptors (Lipinski definition) is 6. The van der Waals surface area contributed by atoms with Crippen LogP contribution in [0.15, 0.2) is 90.1 Å². The molecule has 4 aromatic carbocycles. The van der Waals surface area contributed by atoms with Gasteiger partial charge in [-0.15, -0.1) is 0 Å². The van der Waals surface area contributed by atoms with E-state index in [0.29, 0.717) is 13.2 Å². The number of rotatable bonds is 8. The van der Waals surface area contributed by atoms with Gasteiger partial charge in [-0.25, -0.2) is 4.98 Å². The number of nitrogens with zero attached hydrogens (tertiary/aromatic N) is 2. The summed E-state index contributed by atoms with van der Waals surface area (Å²) in [6, 6.07) is 28.5. The first kappa shape index (κ1) is 26.3. The van der Waals surface area contributed by atoms with E-state index in [1.54, 1.807) is 11.8 Å². The summed E-state index contributed by atoms with van der Waals surface area (Å²) in [5.74, 6) is 0.866. The van der Waals surface area contributed by atoms with Crippen LogP contribution in [-0.4, -0.2) is 29.2 Å². The first-order chi connectivity index (χ1) is 19.5. The van der Waals surface area contributed by atoms with Crippen LogP contribution in [0.3, 0.4) is 0 Å². The molecule has 0 saturated heterocycles. The van der Waals surface area contributed by atoms with Crippen molar-refractivity contribution in [3.05, 3.63) is 112 Å². The van der Waals surface area contributed by atoms with E-state index >= 15 is 0 Å². The summed E-state index contributed by atoms with van der Waals surface area (Å²) >= 11 is 7.79. The standard InChI is InChI=1S/C32H28ClN3O3S/c1-20-22(17-34-24-14-15-25-26(31(37)38-2)18-39-30(25)16-24)6-5-9-28(20)36-29-8-4-3-7-27(29)35-32(36)40-19-21-10-12-23(33)13-11-21/h3-16,26,34H,17-19H2,1-2H3. The molecule has 1 aliphatic heterocycles. The second kappa shape index (κ2) is 11.3. The Bertz CT molecular complexity index is 1700. The van der Waals surface area contributed by atoms with Crippen LogP contribution in [-0.2, 0) is 21.8 Å². The van der Waals surface area contributed by atoms with Crippen LogP contribution in [0.4, 0.5) is 5.69 Å². The van der Waals surface area contributed by atoms with E-state index in [2.05, 4.69) is 65.3 Å². The number of carbonyl (C=O) groups excluding carboxylic acids is 1. The van der Waals surface area contributed by atoms with E-state index in [0.717, 1.165) is 49.7 Å². The van der Waals surface area contributed by atoms with Crippen LogP contribution in [0.5, 0.6) is 5.75 Å². The molecule has 1 atom stereocenters. The Labute approximate surface area is 242 Å². The first-order valence-corrected chi connectivity index (χ1v) is 14.4. The maximum atomic E-state index is 12.0. The predicted molar refractivity (Wildman–Crippen MR) is 161 cm³/mol. The largest absolute Gasteiger partial charge is 0.492 e. The highest BCUT2D eigenvalue weighted by molar-refractivity contribution is 7.98. The lowest BCUT2D eigenvalue weighted by atomic mass is 10.0. The topological polar surface area (TPSA) is 65.4 Å². The first-order valence-electron chi connectivity index (χ1n) is 13.0. The van der Waals surface area contributed by atoms with Gasteiger partial charge in [-0.05, 0) is 60.0 Å². The van der Waals surface area contributed by atoms with Crippen molar-refractivity contribution in [2.45, 2.75) is 30.3 Å². The molecule has 6 rings (SSSR count). The van der Waals surface area contributed by atoms with Gasteiger partial charge in [-0.1, -0.05) is 65.8 Å². The molecule has 2 heterocycles. The molecular formula is C32H28ClN3O3S. The summed E-state index contributed by atoms with van der Waals surface area (Å²) in [4.78, 5) is 17.0. The van der Waals surface area contributed by atoms with Gasteiger partial charge in [-0.3, -0.25) is 9.36 Å². The Morgan fingerprint density at radius 1 is 1.10 bits per heavy atom. The van der Waals surface area contributed by atoms with Crippen molar-refractivity contribution in [1.82, 2.24) is 9.55 Å². The maximum absolute atomic E-state index is 12.0. The fourth-order valence-corrected chi connectivity index (χ4v) is 6.12. The Morgan fingerprint density at radius 2 is 1.93 bits per heavy atom. The third-order valence-corrected chi connectivity index (χ3v) is 8.49. The molecule has 5 aromatic rings. The van der Waals surface area contributed by atoms with Crippen LogP contribution in [0, 0.1) is 6.92 Å². The number of nitrogens with one attached hydrogen (secondary N) is 1. The van der Waals surface area contributed by atoms with Crippen molar-refractivity contribution in [1.29, 1.82) is 0 Å². The minimum atomic E-state index is -0.371. The molecule has 0 bridgehead atoms. The highest BCUT2D eigenvalue weighted by Crippen LogP contribution is 2.37. The molecule has 1 aliphatic rings. The molecule has 6 nitrogen and oxygen atoms in total. The molecule has 0 radical (unpaired) electrons. The summed E-state index contributed by atoms with van der Waals surface area (Å²) in [7, 11) is 1.40. The fourth-order valence-electron chi connectivity index (χ4n) is 5.02. The average Bonchev–Trinajstić information content (AvgIpc) is 3.57. The van der Waals surface area contributed by atoms with Crippen molar-refractivity contribution in [2.24, 2.45) is 0 Å². The maximum Gasteiger partial charge on any atom is 0.316 e. The van der Waals surface area contributed by atoms with Crippen LogP contribution < -0.4 is 10.1 Å². The fraction of sp³-hybridized carbons (Fsp3) is 0.188. The molecule has 0 saturated carbocycles. The number of methoxy groups -OCH3 is 1. The lowest BCUT2D eigenvalue weighted by molar-refractivity contribution is -0.142. The van der Waals surface area contributed by atoms with Gasteiger partial charge in [0.15, 0.2) is 5.16 Å². The number of benzene rings is 4. The summed E-state index contributed by atoms with van der Waals surface area (Å²) in [5.41, 5.74) is 8.49. The normalized spacial score (nSPS) is 14.1. The van der Waals surface area contributed by atoms with Gasteiger partial charge >= 0.3 is 5.97 Å². The lowest BCUT2D eigenvalue weighted by Crippen LogP contribution is -2.15. The number of ether oxygens (including phenoxy) is 2. The SMILES string of the molecule is COC(=O)C1COc2cc(NCc3cccc(-n4c(SCc5ccc(Cl)cc5)nc5ccccc54)c3C)ccc21. The van der Waals surface area contributed by atoms with Gasteiger partial charge in [0.05, 0.1) is 23.8 Å². The lowest BCUT2D eigenvalue weighted by Gasteiger charge is -2.16. The highest BCUT2D eigenvalue weighted by Gasteiger charge is 2.31. The van der Waals surface area contributed by atoms with Crippen LogP contribution in [0.25, 0.3) is 16.7 Å². The van der Waals surface area contributed by atoms with Crippen LogP contribution >= 0.6 is 23.4 Å². The second-order valence-electron chi connectivity index (χ2n) is 9.69. The number of hydrogen-bond donors (Lipinski definition) is 1. The van der Waals surface area contributed by atoms with E-state index in [-0.39, 0.29) is 11.9 Å². The van der Waals surface area contributed by atoms with Gasteiger partial charge in [0.2, 0.25) is 0 Å². The molecule has 8 heteroatoms. The van der Waals surface area contributed by atoms with Gasteiger partial charge in [0.1, 0.15) is 18.3 Å². The molecule has 0 amide bonds. The van der Waals surface area contributed by atoms with Crippen LogP contribution in [0.1, 0.15) is 28.2 Å². The zero-order chi connectivity index (χ0) is 27.6. The monoisotopic (exact) mass is 569 g/mol. The minimum Gasteiger partial charge on any atom is -0.492 e. The van der Waals surface area contributed by atoms with Crippen LogP contribution in [0.2, 0.25) is 5.02 Å². The number of esters is 1. The Balaban J connectivity index is 1.26. The number of aromatic nitrogens is 2. The van der Waals surface area contributed by atoms with Crippen molar-refractivity contribution in [3.8, 4) is 11.4 Å². The zero-order valence-corrected chi connectivity index (χ0v) is 23.8. The van der Waals surface area contributed by atoms with Gasteiger partial charge in [0.25, 0.3) is 0 Å². The molecule has 0 fully saturated rings. The number of para-hydroxylation sites is 2. The molecular weight excluding hydrogens is 542 g/mol. The van der Waals surface area contributed by atoms with Crippen molar-refractivity contribution >= 4 is 46.1 Å². The predicted octanol–water partition coefficient (Wildman–Crippen LogP) is 7.54. The molecule has 1 unspecified atom stereocenters. The highest BCUT2D eigenvalue weighted by atomic mass is 35.5. The Morgan fingerprint density at radius 3 is 2.75 bits per heavy atom. The Kier molecular flexibility index (Phi) is 7.41. The average molecular weight is 570 g/mol. The third-order valence-electron chi connectivity index (χ3n) is 7.23. The van der Waals surface area contributed by atoms with E-state index in [1.807, 2.05) is 36.4 Å². The van der Waals surface area contributed by atoms with Crippen molar-refractivity contribution in [3.63, 3.8) is 0 Å². The van der Waals surface area contributed by atoms with Crippen molar-refractivity contribution in [2.75, 3.05) is 19.0 Å². The minimum absolute atomic E-state index is 0.273. The van der Waals surface area contributed by atoms with Gasteiger partial charge in [0, 0.05) is 34.6 Å². The molecule has 0 spiro atoms. The number of fused-ring (bicyclic) bond motifs is 2. The molecule has 40 heavy (non-hydrogen) atoms. The summed E-state index contributed by atoms with van der Waals surface area (Å²) in [5, 5.41) is 5.21. The Hall–Kier alpha value is -3.94. The molecule has 0 aliphatic carbocycles. The molecule has 202 valence electrons. The number of imidazole rings is 1. The zero-order valence-electron chi connectivity index (χ0n) is 22.2. The number of carbonyl (C=O) groups is 1. The number of halogens is 1. The second-order valence-corrected chi connectivity index (χ2v) is 11.1. The number of thioether (sulfide) groups is 1. The van der Waals surface area contributed by atoms with Gasteiger partial charge < -0.3 is 14.8 Å². The van der Waals surface area contributed by atoms with Gasteiger partial charge in [-0.2, -0.15) is 0 Å². The quantitative estimate of drug-likeness (QED) is 0.154. The summed E-state index contributed by atoms with van der Waals surface area (Å²) < 4.78 is 12.9. The smallest absolute Gasteiger partial charge is 0.316 e. The van der Waals surface area contributed by atoms with E-state index in [4.69, 9.17) is 26.1 Å². The summed E-state index contributed by atoms with van der Waals surface area (Å²) in [6.07, 6.45) is 0. The van der Waals surface area contributed by atoms with E-state index in [9.17, 15) is 4.79 Å².